The van der Waals surface area contributed by atoms with Gasteiger partial charge in [-0.25, -0.2) is 8.78 Å². The maximum Gasteiger partial charge on any atom is 0.248 e. The average molecular weight is 296 g/mol. The van der Waals surface area contributed by atoms with Crippen LogP contribution in [0.1, 0.15) is 36.8 Å². The number of rotatable bonds is 4. The lowest BCUT2D eigenvalue weighted by atomic mass is 9.86. The van der Waals surface area contributed by atoms with Crippen LogP contribution in [0.15, 0.2) is 24.3 Å². The topological polar surface area (TPSA) is 46.3 Å². The van der Waals surface area contributed by atoms with Gasteiger partial charge in [-0.2, -0.15) is 0 Å². The Morgan fingerprint density at radius 2 is 1.76 bits per heavy atom. The first-order valence-electron chi connectivity index (χ1n) is 7.32. The Labute approximate surface area is 124 Å². The van der Waals surface area contributed by atoms with Crippen molar-refractivity contribution in [3.63, 3.8) is 0 Å². The molecule has 0 unspecified atom stereocenters. The molecule has 1 saturated carbocycles. The Balaban J connectivity index is 1.90. The van der Waals surface area contributed by atoms with E-state index in [4.69, 9.17) is 5.73 Å². The van der Waals surface area contributed by atoms with Crippen LogP contribution in [0.2, 0.25) is 0 Å². The van der Waals surface area contributed by atoms with Gasteiger partial charge < -0.3 is 10.6 Å². The van der Waals surface area contributed by atoms with Crippen molar-refractivity contribution in [1.29, 1.82) is 0 Å². The first-order valence-corrected chi connectivity index (χ1v) is 7.32. The summed E-state index contributed by atoms with van der Waals surface area (Å²) < 4.78 is 26.3. The second-order valence-corrected chi connectivity index (χ2v) is 5.85. The minimum Gasteiger partial charge on any atom is -0.341 e. The van der Waals surface area contributed by atoms with Gasteiger partial charge in [0, 0.05) is 38.9 Å². The summed E-state index contributed by atoms with van der Waals surface area (Å²) in [7, 11) is 1.73. The van der Waals surface area contributed by atoms with Crippen molar-refractivity contribution in [3.8, 4) is 0 Å². The number of halogens is 2. The van der Waals surface area contributed by atoms with Crippen molar-refractivity contribution in [2.24, 2.45) is 11.7 Å². The SMILES string of the molecule is CN(Cc1ccc(CN)cc1)C(=O)C1CCC(F)(F)CC1. The molecule has 2 rings (SSSR count). The zero-order valence-corrected chi connectivity index (χ0v) is 12.3. The van der Waals surface area contributed by atoms with Crippen molar-refractivity contribution >= 4 is 5.91 Å². The molecule has 2 N–H and O–H groups in total. The third-order valence-electron chi connectivity index (χ3n) is 4.12. The van der Waals surface area contributed by atoms with E-state index in [0.29, 0.717) is 13.1 Å². The second kappa shape index (κ2) is 6.52. The third-order valence-corrected chi connectivity index (χ3v) is 4.12. The van der Waals surface area contributed by atoms with E-state index in [-0.39, 0.29) is 37.5 Å². The summed E-state index contributed by atoms with van der Waals surface area (Å²) in [5.74, 6) is -2.89. The molecule has 5 heteroatoms. The largest absolute Gasteiger partial charge is 0.341 e. The summed E-state index contributed by atoms with van der Waals surface area (Å²) in [4.78, 5) is 13.9. The molecule has 116 valence electrons. The fourth-order valence-corrected chi connectivity index (χ4v) is 2.73. The maximum atomic E-state index is 13.1. The molecule has 1 amide bonds. The Morgan fingerprint density at radius 3 is 2.29 bits per heavy atom. The molecule has 1 aromatic rings. The molecule has 0 spiro atoms. The van der Waals surface area contributed by atoms with E-state index >= 15 is 0 Å². The van der Waals surface area contributed by atoms with Crippen molar-refractivity contribution in [2.45, 2.75) is 44.7 Å². The van der Waals surface area contributed by atoms with Crippen LogP contribution in [0.4, 0.5) is 8.78 Å². The van der Waals surface area contributed by atoms with Crippen LogP contribution in [0.5, 0.6) is 0 Å². The van der Waals surface area contributed by atoms with Crippen LogP contribution in [-0.2, 0) is 17.9 Å². The molecule has 0 heterocycles. The number of benzene rings is 1. The monoisotopic (exact) mass is 296 g/mol. The molecule has 3 nitrogen and oxygen atoms in total. The molecule has 0 bridgehead atoms. The number of hydrogen-bond donors (Lipinski definition) is 1. The van der Waals surface area contributed by atoms with E-state index in [1.54, 1.807) is 11.9 Å². The standard InChI is InChI=1S/C16H22F2N2O/c1-20(11-13-4-2-12(10-19)3-5-13)15(21)14-6-8-16(17,18)9-7-14/h2-5,14H,6-11,19H2,1H3. The van der Waals surface area contributed by atoms with Gasteiger partial charge in [-0.3, -0.25) is 4.79 Å². The van der Waals surface area contributed by atoms with E-state index in [1.807, 2.05) is 24.3 Å². The molecule has 21 heavy (non-hydrogen) atoms. The van der Waals surface area contributed by atoms with E-state index < -0.39 is 5.92 Å². The van der Waals surface area contributed by atoms with Gasteiger partial charge in [-0.1, -0.05) is 24.3 Å². The molecule has 1 aliphatic rings. The van der Waals surface area contributed by atoms with Gasteiger partial charge in [-0.15, -0.1) is 0 Å². The number of nitrogens with zero attached hydrogens (tertiary/aromatic N) is 1. The molecule has 1 aliphatic carbocycles. The van der Waals surface area contributed by atoms with E-state index in [2.05, 4.69) is 0 Å². The normalized spacial score (nSPS) is 18.5. The van der Waals surface area contributed by atoms with Crippen molar-refractivity contribution in [2.75, 3.05) is 7.05 Å². The Kier molecular flexibility index (Phi) is 4.93. The van der Waals surface area contributed by atoms with Crippen molar-refractivity contribution < 1.29 is 13.6 Å². The summed E-state index contributed by atoms with van der Waals surface area (Å²) in [6.07, 6.45) is 0.204. The van der Waals surface area contributed by atoms with Crippen LogP contribution in [0, 0.1) is 5.92 Å². The first-order chi connectivity index (χ1) is 9.91. The highest BCUT2D eigenvalue weighted by Gasteiger charge is 2.38. The van der Waals surface area contributed by atoms with E-state index in [0.717, 1.165) is 11.1 Å². The number of nitrogens with two attached hydrogens (primary N) is 1. The Bertz CT molecular complexity index is 478. The lowest BCUT2D eigenvalue weighted by Gasteiger charge is -2.30. The predicted molar refractivity (Wildman–Crippen MR) is 77.7 cm³/mol. The molecular weight excluding hydrogens is 274 g/mol. The number of carbonyl (C=O) groups is 1. The first kappa shape index (κ1) is 15.9. The molecule has 0 atom stereocenters. The average Bonchev–Trinajstić information content (AvgIpc) is 2.47. The highest BCUT2D eigenvalue weighted by molar-refractivity contribution is 5.78. The van der Waals surface area contributed by atoms with Crippen molar-refractivity contribution in [1.82, 2.24) is 4.90 Å². The fraction of sp³-hybridized carbons (Fsp3) is 0.562. The zero-order chi connectivity index (χ0) is 15.5. The van der Waals surface area contributed by atoms with Gasteiger partial charge in [0.2, 0.25) is 11.8 Å². The molecule has 1 aromatic carbocycles. The summed E-state index contributed by atoms with van der Waals surface area (Å²) in [6, 6.07) is 7.77. The van der Waals surface area contributed by atoms with Gasteiger partial charge in [0.1, 0.15) is 0 Å². The summed E-state index contributed by atoms with van der Waals surface area (Å²) in [6.45, 7) is 0.988. The smallest absolute Gasteiger partial charge is 0.248 e. The van der Waals surface area contributed by atoms with E-state index in [1.165, 1.54) is 0 Å². The molecule has 1 fully saturated rings. The minimum atomic E-state index is -2.59. The summed E-state index contributed by atoms with van der Waals surface area (Å²) in [5.41, 5.74) is 7.60. The number of hydrogen-bond acceptors (Lipinski definition) is 2. The number of amides is 1. The number of carbonyl (C=O) groups excluding carboxylic acids is 1. The van der Waals surface area contributed by atoms with Crippen LogP contribution >= 0.6 is 0 Å². The van der Waals surface area contributed by atoms with E-state index in [9.17, 15) is 13.6 Å². The summed E-state index contributed by atoms with van der Waals surface area (Å²) >= 11 is 0. The Hall–Kier alpha value is -1.49. The van der Waals surface area contributed by atoms with Gasteiger partial charge in [0.25, 0.3) is 0 Å². The van der Waals surface area contributed by atoms with Gasteiger partial charge in [-0.05, 0) is 24.0 Å². The maximum absolute atomic E-state index is 13.1. The van der Waals surface area contributed by atoms with Crippen LogP contribution < -0.4 is 5.73 Å². The number of alkyl halides is 2. The minimum absolute atomic E-state index is 0.0339. The fourth-order valence-electron chi connectivity index (χ4n) is 2.73. The van der Waals surface area contributed by atoms with Crippen LogP contribution in [0.25, 0.3) is 0 Å². The molecule has 0 aliphatic heterocycles. The van der Waals surface area contributed by atoms with Gasteiger partial charge in [0.05, 0.1) is 0 Å². The second-order valence-electron chi connectivity index (χ2n) is 5.85. The molecule has 0 radical (unpaired) electrons. The lowest BCUT2D eigenvalue weighted by Crippen LogP contribution is -2.36. The Morgan fingerprint density at radius 1 is 1.24 bits per heavy atom. The predicted octanol–water partition coefficient (Wildman–Crippen LogP) is 2.93. The third kappa shape index (κ3) is 4.24. The van der Waals surface area contributed by atoms with Crippen LogP contribution in [0.3, 0.4) is 0 Å². The highest BCUT2D eigenvalue weighted by Crippen LogP contribution is 2.36. The quantitative estimate of drug-likeness (QED) is 0.928. The molecule has 0 aromatic heterocycles. The zero-order valence-electron chi connectivity index (χ0n) is 12.3. The van der Waals surface area contributed by atoms with Crippen molar-refractivity contribution in [3.05, 3.63) is 35.4 Å². The molecular formula is C16H22F2N2O. The summed E-state index contributed by atoms with van der Waals surface area (Å²) in [5, 5.41) is 0. The highest BCUT2D eigenvalue weighted by atomic mass is 19.3. The van der Waals surface area contributed by atoms with Crippen LogP contribution in [-0.4, -0.2) is 23.8 Å². The molecule has 0 saturated heterocycles. The van der Waals surface area contributed by atoms with Gasteiger partial charge >= 0.3 is 0 Å². The van der Waals surface area contributed by atoms with Gasteiger partial charge in [0.15, 0.2) is 0 Å². The lowest BCUT2D eigenvalue weighted by molar-refractivity contribution is -0.138.